The van der Waals surface area contributed by atoms with Gasteiger partial charge in [-0.25, -0.2) is 0 Å². The largest absolute Gasteiger partial charge is 0.355 e. The van der Waals surface area contributed by atoms with Crippen LogP contribution in [0.5, 0.6) is 0 Å². The van der Waals surface area contributed by atoms with Gasteiger partial charge in [-0.2, -0.15) is 0 Å². The summed E-state index contributed by atoms with van der Waals surface area (Å²) in [7, 11) is 1.53. The van der Waals surface area contributed by atoms with Gasteiger partial charge < -0.3 is 10.6 Å². The predicted molar refractivity (Wildman–Crippen MR) is 81.8 cm³/mol. The van der Waals surface area contributed by atoms with Gasteiger partial charge in [-0.05, 0) is 37.3 Å². The number of carbonyl (C=O) groups excluding carboxylic acids is 2. The summed E-state index contributed by atoms with van der Waals surface area (Å²) in [6, 6.07) is 8.10. The lowest BCUT2D eigenvalue weighted by atomic mass is 10.1. The highest BCUT2D eigenvalue weighted by atomic mass is 35.5. The van der Waals surface area contributed by atoms with Crippen LogP contribution < -0.4 is 10.6 Å². The van der Waals surface area contributed by atoms with Gasteiger partial charge in [0.2, 0.25) is 0 Å². The van der Waals surface area contributed by atoms with Crippen LogP contribution in [0.1, 0.15) is 26.4 Å². The third-order valence-corrected chi connectivity index (χ3v) is 3.21. The maximum Gasteiger partial charge on any atom is 0.257 e. The zero-order chi connectivity index (χ0) is 15.4. The number of nitrogens with zero attached hydrogens (tertiary/aromatic N) is 1. The molecule has 0 aliphatic rings. The molecule has 0 fully saturated rings. The molecule has 2 amide bonds. The Labute approximate surface area is 127 Å². The van der Waals surface area contributed by atoms with Crippen molar-refractivity contribution in [3.8, 4) is 0 Å². The Hall–Kier alpha value is -2.40. The van der Waals surface area contributed by atoms with Gasteiger partial charge in [0.25, 0.3) is 11.8 Å². The van der Waals surface area contributed by atoms with E-state index < -0.39 is 0 Å². The fraction of sp³-hybridized carbons (Fsp3) is 0.133. The summed E-state index contributed by atoms with van der Waals surface area (Å²) < 4.78 is 0. The van der Waals surface area contributed by atoms with Crippen molar-refractivity contribution in [1.82, 2.24) is 10.3 Å². The Morgan fingerprint density at radius 3 is 2.43 bits per heavy atom. The van der Waals surface area contributed by atoms with Gasteiger partial charge in [-0.15, -0.1) is 0 Å². The third-order valence-electron chi connectivity index (χ3n) is 2.88. The van der Waals surface area contributed by atoms with Crippen molar-refractivity contribution >= 4 is 29.1 Å². The molecular formula is C15H14ClN3O2. The molecule has 0 saturated carbocycles. The van der Waals surface area contributed by atoms with Crippen molar-refractivity contribution in [2.45, 2.75) is 6.92 Å². The van der Waals surface area contributed by atoms with Gasteiger partial charge in [0.05, 0.1) is 16.3 Å². The monoisotopic (exact) mass is 303 g/mol. The van der Waals surface area contributed by atoms with E-state index in [1.807, 2.05) is 6.92 Å². The first-order chi connectivity index (χ1) is 10.0. The van der Waals surface area contributed by atoms with E-state index in [2.05, 4.69) is 15.6 Å². The normalized spacial score (nSPS) is 10.0. The number of anilines is 1. The Morgan fingerprint density at radius 1 is 1.10 bits per heavy atom. The first-order valence-electron chi connectivity index (χ1n) is 6.27. The highest BCUT2D eigenvalue weighted by molar-refractivity contribution is 6.34. The Kier molecular flexibility index (Phi) is 4.55. The maximum atomic E-state index is 12.1. The third kappa shape index (κ3) is 3.58. The van der Waals surface area contributed by atoms with Crippen LogP contribution >= 0.6 is 11.6 Å². The van der Waals surface area contributed by atoms with Crippen LogP contribution in [-0.4, -0.2) is 23.8 Å². The molecule has 0 bridgehead atoms. The summed E-state index contributed by atoms with van der Waals surface area (Å²) in [4.78, 5) is 27.8. The van der Waals surface area contributed by atoms with E-state index in [1.165, 1.54) is 19.3 Å². The molecule has 2 N–H and O–H groups in total. The van der Waals surface area contributed by atoms with Crippen LogP contribution in [0.3, 0.4) is 0 Å². The van der Waals surface area contributed by atoms with Crippen LogP contribution in [-0.2, 0) is 0 Å². The Morgan fingerprint density at radius 2 is 1.81 bits per heavy atom. The minimum absolute atomic E-state index is 0.251. The van der Waals surface area contributed by atoms with Gasteiger partial charge in [-0.3, -0.25) is 14.6 Å². The van der Waals surface area contributed by atoms with Gasteiger partial charge in [0.1, 0.15) is 0 Å². The van der Waals surface area contributed by atoms with E-state index >= 15 is 0 Å². The molecule has 1 aromatic carbocycles. The molecule has 2 rings (SSSR count). The molecule has 6 heteroatoms. The molecule has 1 heterocycles. The summed E-state index contributed by atoms with van der Waals surface area (Å²) in [6.07, 6.45) is 1.49. The fourth-order valence-corrected chi connectivity index (χ4v) is 1.87. The van der Waals surface area contributed by atoms with Crippen molar-refractivity contribution < 1.29 is 9.59 Å². The molecule has 5 nitrogen and oxygen atoms in total. The standard InChI is InChI=1S/C15H14ClN3O2/c1-9-3-4-11(8-18-9)15(21)19-13-7-10(14(20)17-2)5-6-12(13)16/h3-8H,1-2H3,(H,17,20)(H,19,21). The van der Waals surface area contributed by atoms with Crippen LogP contribution in [0, 0.1) is 6.92 Å². The number of aromatic nitrogens is 1. The molecule has 0 atom stereocenters. The lowest BCUT2D eigenvalue weighted by molar-refractivity contribution is 0.0961. The number of nitrogens with one attached hydrogen (secondary N) is 2. The fourth-order valence-electron chi connectivity index (χ4n) is 1.70. The molecule has 2 aromatic rings. The number of rotatable bonds is 3. The van der Waals surface area contributed by atoms with Gasteiger partial charge in [-0.1, -0.05) is 11.6 Å². The van der Waals surface area contributed by atoms with Crippen molar-refractivity contribution in [3.63, 3.8) is 0 Å². The number of aryl methyl sites for hydroxylation is 1. The van der Waals surface area contributed by atoms with Gasteiger partial charge >= 0.3 is 0 Å². The van der Waals surface area contributed by atoms with Gasteiger partial charge in [0.15, 0.2) is 0 Å². The second-order valence-corrected chi connectivity index (χ2v) is 4.82. The summed E-state index contributed by atoms with van der Waals surface area (Å²) in [6.45, 7) is 1.84. The van der Waals surface area contributed by atoms with Crippen LogP contribution in [0.4, 0.5) is 5.69 Å². The quantitative estimate of drug-likeness (QED) is 0.915. The van der Waals surface area contributed by atoms with Crippen LogP contribution in [0.25, 0.3) is 0 Å². The smallest absolute Gasteiger partial charge is 0.257 e. The zero-order valence-electron chi connectivity index (χ0n) is 11.6. The molecule has 0 spiro atoms. The zero-order valence-corrected chi connectivity index (χ0v) is 12.4. The lowest BCUT2D eigenvalue weighted by Gasteiger charge is -2.09. The highest BCUT2D eigenvalue weighted by Crippen LogP contribution is 2.23. The molecule has 0 saturated heterocycles. The molecule has 0 unspecified atom stereocenters. The summed E-state index contributed by atoms with van der Waals surface area (Å²) in [5.74, 6) is -0.586. The van der Waals surface area contributed by atoms with E-state index in [1.54, 1.807) is 24.3 Å². The van der Waals surface area contributed by atoms with Crippen LogP contribution in [0.15, 0.2) is 36.5 Å². The summed E-state index contributed by atoms with van der Waals surface area (Å²) in [5, 5.41) is 5.55. The van der Waals surface area contributed by atoms with E-state index in [9.17, 15) is 9.59 Å². The Bertz CT molecular complexity index is 684. The number of pyridine rings is 1. The number of amides is 2. The van der Waals surface area contributed by atoms with E-state index in [0.29, 0.717) is 21.8 Å². The van der Waals surface area contributed by atoms with Crippen molar-refractivity contribution in [3.05, 3.63) is 58.4 Å². The number of hydrogen-bond donors (Lipinski definition) is 2. The van der Waals surface area contributed by atoms with E-state index in [4.69, 9.17) is 11.6 Å². The SMILES string of the molecule is CNC(=O)c1ccc(Cl)c(NC(=O)c2ccc(C)nc2)c1. The summed E-state index contributed by atoms with van der Waals surface area (Å²) in [5.41, 5.74) is 2.04. The molecule has 0 radical (unpaired) electrons. The number of benzene rings is 1. The van der Waals surface area contributed by atoms with Crippen molar-refractivity contribution in [1.29, 1.82) is 0 Å². The number of halogens is 1. The van der Waals surface area contributed by atoms with Crippen molar-refractivity contribution in [2.24, 2.45) is 0 Å². The average Bonchev–Trinajstić information content (AvgIpc) is 2.49. The minimum atomic E-state index is -0.335. The molecule has 108 valence electrons. The first-order valence-corrected chi connectivity index (χ1v) is 6.64. The van der Waals surface area contributed by atoms with E-state index in [0.717, 1.165) is 5.69 Å². The minimum Gasteiger partial charge on any atom is -0.355 e. The lowest BCUT2D eigenvalue weighted by Crippen LogP contribution is -2.18. The number of carbonyl (C=O) groups is 2. The second kappa shape index (κ2) is 6.37. The molecule has 21 heavy (non-hydrogen) atoms. The topological polar surface area (TPSA) is 71.1 Å². The predicted octanol–water partition coefficient (Wildman–Crippen LogP) is 2.66. The Balaban J connectivity index is 2.24. The van der Waals surface area contributed by atoms with Crippen molar-refractivity contribution in [2.75, 3.05) is 12.4 Å². The van der Waals surface area contributed by atoms with Crippen LogP contribution in [0.2, 0.25) is 5.02 Å². The molecule has 0 aliphatic heterocycles. The first kappa shape index (κ1) is 15.0. The van der Waals surface area contributed by atoms with E-state index in [-0.39, 0.29) is 11.8 Å². The highest BCUT2D eigenvalue weighted by Gasteiger charge is 2.11. The molecular weight excluding hydrogens is 290 g/mol. The average molecular weight is 304 g/mol. The number of hydrogen-bond acceptors (Lipinski definition) is 3. The van der Waals surface area contributed by atoms with Gasteiger partial charge in [0, 0.05) is 24.5 Å². The summed E-state index contributed by atoms with van der Waals surface area (Å²) >= 11 is 6.04. The second-order valence-electron chi connectivity index (χ2n) is 4.42. The maximum absolute atomic E-state index is 12.1. The molecule has 1 aromatic heterocycles. The molecule has 0 aliphatic carbocycles.